The molecule has 1 aliphatic rings. The third-order valence-corrected chi connectivity index (χ3v) is 4.00. The lowest BCUT2D eigenvalue weighted by Gasteiger charge is -2.39. The van der Waals surface area contributed by atoms with Gasteiger partial charge >= 0.3 is 0 Å². The molecule has 0 aliphatic carbocycles. The Morgan fingerprint density at radius 2 is 2.15 bits per heavy atom. The Hall–Kier alpha value is -1.04. The van der Waals surface area contributed by atoms with Crippen LogP contribution in [0.15, 0.2) is 12.3 Å². The predicted molar refractivity (Wildman–Crippen MR) is 79.2 cm³/mol. The molecule has 2 N–H and O–H groups in total. The summed E-state index contributed by atoms with van der Waals surface area (Å²) in [5.74, 6) is -0.400. The van der Waals surface area contributed by atoms with Crippen LogP contribution in [-0.2, 0) is 9.53 Å². The number of nitrogens with zero attached hydrogens (tertiary/aromatic N) is 2. The zero-order valence-electron chi connectivity index (χ0n) is 11.2. The molecule has 1 aromatic rings. The maximum atomic E-state index is 11.6. The van der Waals surface area contributed by atoms with Crippen LogP contribution in [0.2, 0.25) is 10.2 Å². The van der Waals surface area contributed by atoms with Gasteiger partial charge in [-0.25, -0.2) is 4.98 Å². The molecule has 7 heteroatoms. The first-order valence-electron chi connectivity index (χ1n) is 6.47. The van der Waals surface area contributed by atoms with Crippen LogP contribution in [0, 0.1) is 0 Å². The number of anilines is 1. The smallest absolute Gasteiger partial charge is 0.239 e. The van der Waals surface area contributed by atoms with E-state index in [2.05, 4.69) is 4.98 Å². The summed E-state index contributed by atoms with van der Waals surface area (Å²) in [5.41, 5.74) is 6.13. The fourth-order valence-electron chi connectivity index (χ4n) is 2.41. The Labute approximate surface area is 128 Å². The number of aromatic nitrogens is 1. The van der Waals surface area contributed by atoms with E-state index in [9.17, 15) is 4.79 Å². The number of carbonyl (C=O) groups is 1. The lowest BCUT2D eigenvalue weighted by molar-refractivity contribution is -0.119. The van der Waals surface area contributed by atoms with Crippen molar-refractivity contribution in [3.05, 3.63) is 22.4 Å². The molecular weight excluding hydrogens is 301 g/mol. The van der Waals surface area contributed by atoms with E-state index in [0.29, 0.717) is 29.1 Å². The number of rotatable bonds is 4. The molecule has 2 rings (SSSR count). The Balaban J connectivity index is 2.36. The van der Waals surface area contributed by atoms with Crippen molar-refractivity contribution in [3.63, 3.8) is 0 Å². The molecule has 5 nitrogen and oxygen atoms in total. The van der Waals surface area contributed by atoms with E-state index in [-0.39, 0.29) is 6.04 Å². The second-order valence-electron chi connectivity index (χ2n) is 4.79. The fourth-order valence-corrected chi connectivity index (χ4v) is 2.88. The minimum Gasteiger partial charge on any atom is -0.381 e. The van der Waals surface area contributed by atoms with Crippen molar-refractivity contribution in [2.75, 3.05) is 18.1 Å². The summed E-state index contributed by atoms with van der Waals surface area (Å²) in [6.45, 7) is 3.08. The van der Waals surface area contributed by atoms with Gasteiger partial charge in [0.1, 0.15) is 11.2 Å². The average Bonchev–Trinajstić information content (AvgIpc) is 2.42. The summed E-state index contributed by atoms with van der Waals surface area (Å²) in [4.78, 5) is 17.6. The molecule has 0 saturated carbocycles. The van der Waals surface area contributed by atoms with E-state index in [4.69, 9.17) is 33.7 Å². The lowest BCUT2D eigenvalue weighted by atomic mass is 10.0. The molecule has 1 amide bonds. The highest BCUT2D eigenvalue weighted by Crippen LogP contribution is 2.32. The highest BCUT2D eigenvalue weighted by Gasteiger charge is 2.30. The SMILES string of the molecule is C[C@@H](C(N)=O)N(c1cnc(Cl)cc1Cl)C1CCOCC1. The van der Waals surface area contributed by atoms with Gasteiger partial charge in [0.2, 0.25) is 5.91 Å². The van der Waals surface area contributed by atoms with Crippen LogP contribution in [-0.4, -0.2) is 36.2 Å². The number of nitrogens with two attached hydrogens (primary N) is 1. The first-order valence-corrected chi connectivity index (χ1v) is 7.22. The van der Waals surface area contributed by atoms with Gasteiger partial charge in [0.05, 0.1) is 16.9 Å². The number of amides is 1. The molecule has 1 atom stereocenters. The number of ether oxygens (including phenoxy) is 1. The summed E-state index contributed by atoms with van der Waals surface area (Å²) in [7, 11) is 0. The van der Waals surface area contributed by atoms with Crippen molar-refractivity contribution in [3.8, 4) is 0 Å². The molecule has 0 radical (unpaired) electrons. The van der Waals surface area contributed by atoms with Crippen molar-refractivity contribution in [1.29, 1.82) is 0 Å². The quantitative estimate of drug-likeness (QED) is 0.865. The Bertz CT molecular complexity index is 493. The third-order valence-electron chi connectivity index (χ3n) is 3.49. The summed E-state index contributed by atoms with van der Waals surface area (Å²) < 4.78 is 5.36. The summed E-state index contributed by atoms with van der Waals surface area (Å²) >= 11 is 12.1. The molecule has 1 fully saturated rings. The molecule has 2 heterocycles. The Morgan fingerprint density at radius 1 is 1.50 bits per heavy atom. The second kappa shape index (κ2) is 6.61. The normalized spacial score (nSPS) is 17.8. The van der Waals surface area contributed by atoms with Crippen LogP contribution in [0.3, 0.4) is 0 Å². The van der Waals surface area contributed by atoms with Crippen LogP contribution in [0.4, 0.5) is 5.69 Å². The summed E-state index contributed by atoms with van der Waals surface area (Å²) in [6.07, 6.45) is 3.22. The highest BCUT2D eigenvalue weighted by atomic mass is 35.5. The maximum Gasteiger partial charge on any atom is 0.239 e. The number of hydrogen-bond donors (Lipinski definition) is 1. The van der Waals surface area contributed by atoms with Crippen molar-refractivity contribution in [2.24, 2.45) is 5.73 Å². The van der Waals surface area contributed by atoms with Crippen molar-refractivity contribution in [1.82, 2.24) is 4.98 Å². The Kier molecular flexibility index (Phi) is 5.07. The molecule has 0 unspecified atom stereocenters. The Morgan fingerprint density at radius 3 is 2.70 bits per heavy atom. The van der Waals surface area contributed by atoms with Crippen LogP contribution in [0.25, 0.3) is 0 Å². The van der Waals surface area contributed by atoms with Crippen LogP contribution in [0.1, 0.15) is 19.8 Å². The van der Waals surface area contributed by atoms with E-state index in [0.717, 1.165) is 12.8 Å². The van der Waals surface area contributed by atoms with Crippen LogP contribution in [0.5, 0.6) is 0 Å². The fraction of sp³-hybridized carbons (Fsp3) is 0.538. The topological polar surface area (TPSA) is 68.5 Å². The van der Waals surface area contributed by atoms with Gasteiger partial charge in [-0.1, -0.05) is 23.2 Å². The molecule has 1 aromatic heterocycles. The van der Waals surface area contributed by atoms with Crippen LogP contribution < -0.4 is 10.6 Å². The van der Waals surface area contributed by atoms with E-state index in [1.54, 1.807) is 19.2 Å². The minimum absolute atomic E-state index is 0.145. The van der Waals surface area contributed by atoms with E-state index >= 15 is 0 Å². The number of pyridine rings is 1. The van der Waals surface area contributed by atoms with Crippen molar-refractivity contribution >= 4 is 34.8 Å². The van der Waals surface area contributed by atoms with Gasteiger partial charge in [-0.3, -0.25) is 4.79 Å². The van der Waals surface area contributed by atoms with Gasteiger partial charge in [-0.05, 0) is 25.8 Å². The number of primary amides is 1. The maximum absolute atomic E-state index is 11.6. The number of hydrogen-bond acceptors (Lipinski definition) is 4. The monoisotopic (exact) mass is 317 g/mol. The van der Waals surface area contributed by atoms with Gasteiger partial charge in [0.25, 0.3) is 0 Å². The zero-order chi connectivity index (χ0) is 14.7. The largest absolute Gasteiger partial charge is 0.381 e. The number of halogens is 2. The summed E-state index contributed by atoms with van der Waals surface area (Å²) in [6, 6.07) is 1.24. The molecule has 110 valence electrons. The molecule has 0 aromatic carbocycles. The first-order chi connectivity index (χ1) is 9.50. The third kappa shape index (κ3) is 3.34. The standard InChI is InChI=1S/C13H17Cl2N3O2/c1-8(13(16)19)18(9-2-4-20-5-3-9)11-7-17-12(15)6-10(11)14/h6-9H,2-5H2,1H3,(H2,16,19)/t8-/m0/s1. The van der Waals surface area contributed by atoms with E-state index in [1.807, 2.05) is 4.90 Å². The second-order valence-corrected chi connectivity index (χ2v) is 5.58. The van der Waals surface area contributed by atoms with E-state index < -0.39 is 11.9 Å². The summed E-state index contributed by atoms with van der Waals surface area (Å²) in [5, 5.41) is 0.780. The minimum atomic E-state index is -0.474. The van der Waals surface area contributed by atoms with Gasteiger partial charge in [-0.2, -0.15) is 0 Å². The average molecular weight is 318 g/mol. The lowest BCUT2D eigenvalue weighted by Crippen LogP contribution is -2.50. The van der Waals surface area contributed by atoms with Gasteiger partial charge in [0, 0.05) is 19.3 Å². The van der Waals surface area contributed by atoms with Gasteiger partial charge < -0.3 is 15.4 Å². The van der Waals surface area contributed by atoms with Gasteiger partial charge in [-0.15, -0.1) is 0 Å². The molecule has 20 heavy (non-hydrogen) atoms. The predicted octanol–water partition coefficient (Wildman–Crippen LogP) is 2.25. The molecule has 1 aliphatic heterocycles. The zero-order valence-corrected chi connectivity index (χ0v) is 12.7. The first kappa shape index (κ1) is 15.4. The molecule has 1 saturated heterocycles. The van der Waals surface area contributed by atoms with Crippen molar-refractivity contribution in [2.45, 2.75) is 31.8 Å². The molecular formula is C13H17Cl2N3O2. The molecule has 0 spiro atoms. The van der Waals surface area contributed by atoms with Gasteiger partial charge in [0.15, 0.2) is 0 Å². The molecule has 0 bridgehead atoms. The van der Waals surface area contributed by atoms with Crippen molar-refractivity contribution < 1.29 is 9.53 Å². The highest BCUT2D eigenvalue weighted by molar-refractivity contribution is 6.35. The number of carbonyl (C=O) groups excluding carboxylic acids is 1. The van der Waals surface area contributed by atoms with Crippen LogP contribution >= 0.6 is 23.2 Å². The van der Waals surface area contributed by atoms with E-state index in [1.165, 1.54) is 0 Å².